The Morgan fingerprint density at radius 1 is 0.667 bits per heavy atom. The Morgan fingerprint density at radius 3 is 0.792 bits per heavy atom. The average Bonchev–Trinajstić information content (AvgIpc) is 2.56. The fourth-order valence-corrected chi connectivity index (χ4v) is 0.382. The van der Waals surface area contributed by atoms with E-state index in [4.69, 9.17) is 5.26 Å². The van der Waals surface area contributed by atoms with E-state index in [-0.39, 0.29) is 0 Å². The quantitative estimate of drug-likeness (QED) is 0.345. The van der Waals surface area contributed by atoms with Crippen molar-refractivity contribution in [2.45, 2.75) is 111 Å². The van der Waals surface area contributed by atoms with Crippen molar-refractivity contribution in [1.29, 1.82) is 5.26 Å². The fourth-order valence-electron chi connectivity index (χ4n) is 0.382. The summed E-state index contributed by atoms with van der Waals surface area (Å²) in [5.41, 5.74) is 3.10. The number of aliphatic imine (C=N–C) groups is 1. The molecule has 0 aromatic carbocycles. The topological polar surface area (TPSA) is 36.1 Å². The van der Waals surface area contributed by atoms with E-state index < -0.39 is 0 Å². The molecule has 0 spiro atoms. The Hall–Kier alpha value is -1.36. The van der Waals surface area contributed by atoms with E-state index in [9.17, 15) is 0 Å². The first-order valence-electron chi connectivity index (χ1n) is 9.38. The second-order valence-corrected chi connectivity index (χ2v) is 3.23. The lowest BCUT2D eigenvalue weighted by Crippen LogP contribution is -1.78. The van der Waals surface area contributed by atoms with E-state index >= 15 is 0 Å². The fraction of sp³-hybridized carbons (Fsp3) is 0.727. The Bertz CT molecular complexity index is 223. The minimum atomic E-state index is 0.875. The molecule has 150 valence electrons. The van der Waals surface area contributed by atoms with Gasteiger partial charge in [-0.25, -0.2) is 0 Å². The summed E-state index contributed by atoms with van der Waals surface area (Å²) in [5.74, 6) is 0. The molecule has 2 nitrogen and oxygen atoms in total. The molecule has 0 aliphatic rings. The van der Waals surface area contributed by atoms with Crippen molar-refractivity contribution >= 4 is 5.71 Å². The van der Waals surface area contributed by atoms with Crippen LogP contribution in [-0.4, -0.2) is 5.71 Å². The number of hydrogen-bond acceptors (Lipinski definition) is 2. The Kier molecular flexibility index (Phi) is 204. The van der Waals surface area contributed by atoms with Crippen LogP contribution >= 0.6 is 0 Å². The van der Waals surface area contributed by atoms with Gasteiger partial charge in [0, 0.05) is 18.3 Å². The van der Waals surface area contributed by atoms with Crippen LogP contribution in [0.4, 0.5) is 0 Å². The third kappa shape index (κ3) is 1140. The molecule has 0 rings (SSSR count). The standard InChI is InChI=1S/C6H11N.C4H8.C2H3N.5C2H6/c1-5(2)7-6(3)4;1-4(2)3;1-2-3;5*1-2/h1H2,2-4H3;1H2,2-3H3;1H3;5*1-2H3. The summed E-state index contributed by atoms with van der Waals surface area (Å²) in [6.45, 7) is 38.3. The number of nitrogens with zero attached hydrogens (tertiary/aromatic N) is 2. The van der Waals surface area contributed by atoms with Gasteiger partial charge in [0.1, 0.15) is 0 Å². The van der Waals surface area contributed by atoms with E-state index in [0.717, 1.165) is 11.4 Å². The molecule has 0 saturated heterocycles. The first-order chi connectivity index (χ1) is 11.3. The summed E-state index contributed by atoms with van der Waals surface area (Å²) in [7, 11) is 0. The van der Waals surface area contributed by atoms with Crippen molar-refractivity contribution in [1.82, 2.24) is 0 Å². The smallest absolute Gasteiger partial charge is 0.0587 e. The zero-order valence-corrected chi connectivity index (χ0v) is 20.3. The molecule has 0 atom stereocenters. The van der Waals surface area contributed by atoms with E-state index in [0.29, 0.717) is 0 Å². The molecular formula is C22H52N2. The summed E-state index contributed by atoms with van der Waals surface area (Å²) >= 11 is 0. The van der Waals surface area contributed by atoms with Crippen molar-refractivity contribution in [3.63, 3.8) is 0 Å². The average molecular weight is 345 g/mol. The summed E-state index contributed by atoms with van der Waals surface area (Å²) in [4.78, 5) is 4.00. The Morgan fingerprint density at radius 2 is 0.792 bits per heavy atom. The summed E-state index contributed by atoms with van der Waals surface area (Å²) < 4.78 is 0. The van der Waals surface area contributed by atoms with Crippen LogP contribution in [0.3, 0.4) is 0 Å². The van der Waals surface area contributed by atoms with Gasteiger partial charge in [-0.15, -0.1) is 6.58 Å². The Balaban J connectivity index is -0.0000000220. The molecule has 0 unspecified atom stereocenters. The molecule has 0 heterocycles. The normalized spacial score (nSPS) is 4.96. The predicted molar refractivity (Wildman–Crippen MR) is 122 cm³/mol. The lowest BCUT2D eigenvalue weighted by Gasteiger charge is -1.85. The molecule has 0 amide bonds. The van der Waals surface area contributed by atoms with Gasteiger partial charge in [0.05, 0.1) is 6.07 Å². The lowest BCUT2D eigenvalue weighted by atomic mass is 10.4. The van der Waals surface area contributed by atoms with Crippen LogP contribution in [0.25, 0.3) is 0 Å². The maximum absolute atomic E-state index is 7.32. The number of nitriles is 1. The third-order valence-corrected chi connectivity index (χ3v) is 0.414. The van der Waals surface area contributed by atoms with Crippen LogP contribution in [-0.2, 0) is 0 Å². The second-order valence-electron chi connectivity index (χ2n) is 3.23. The Labute approximate surface area is 157 Å². The highest BCUT2D eigenvalue weighted by Gasteiger charge is 1.74. The van der Waals surface area contributed by atoms with Gasteiger partial charge < -0.3 is 0 Å². The summed E-state index contributed by atoms with van der Waals surface area (Å²) in [6, 6.07) is 1.75. The molecule has 24 heavy (non-hydrogen) atoms. The van der Waals surface area contributed by atoms with Crippen molar-refractivity contribution in [3.8, 4) is 6.07 Å². The van der Waals surface area contributed by atoms with E-state index in [1.54, 1.807) is 6.07 Å². The van der Waals surface area contributed by atoms with Gasteiger partial charge in [-0.3, -0.25) is 4.99 Å². The van der Waals surface area contributed by atoms with Crippen LogP contribution in [0.1, 0.15) is 111 Å². The van der Waals surface area contributed by atoms with Crippen LogP contribution in [0.5, 0.6) is 0 Å². The molecule has 0 bridgehead atoms. The minimum absolute atomic E-state index is 0.875. The molecule has 0 saturated carbocycles. The van der Waals surface area contributed by atoms with Gasteiger partial charge in [0.15, 0.2) is 0 Å². The number of hydrogen-bond donors (Lipinski definition) is 0. The largest absolute Gasteiger partial charge is 0.264 e. The van der Waals surface area contributed by atoms with Gasteiger partial charge in [-0.2, -0.15) is 5.26 Å². The highest BCUT2D eigenvalue weighted by Crippen LogP contribution is 1.87. The van der Waals surface area contributed by atoms with Gasteiger partial charge >= 0.3 is 0 Å². The van der Waals surface area contributed by atoms with Crippen LogP contribution in [0.15, 0.2) is 29.4 Å². The van der Waals surface area contributed by atoms with Crippen molar-refractivity contribution in [2.75, 3.05) is 0 Å². The predicted octanol–water partition coefficient (Wildman–Crippen LogP) is 9.24. The minimum Gasteiger partial charge on any atom is -0.264 e. The molecule has 0 radical (unpaired) electrons. The molecule has 0 aliphatic heterocycles. The van der Waals surface area contributed by atoms with Gasteiger partial charge in [0.2, 0.25) is 0 Å². The summed E-state index contributed by atoms with van der Waals surface area (Å²) in [6.07, 6.45) is 0. The maximum atomic E-state index is 7.32. The molecule has 2 heteroatoms. The zero-order valence-electron chi connectivity index (χ0n) is 20.3. The van der Waals surface area contributed by atoms with Crippen molar-refractivity contribution in [2.24, 2.45) is 4.99 Å². The van der Waals surface area contributed by atoms with Gasteiger partial charge in [0.25, 0.3) is 0 Å². The SMILES string of the molecule is C=C(C)C.C=C(C)N=C(C)C.CC.CC.CC.CC.CC.CC#N. The number of allylic oxidation sites excluding steroid dienone is 2. The molecule has 0 N–H and O–H groups in total. The van der Waals surface area contributed by atoms with Crippen molar-refractivity contribution < 1.29 is 0 Å². The van der Waals surface area contributed by atoms with E-state index in [1.807, 2.05) is 104 Å². The van der Waals surface area contributed by atoms with Crippen LogP contribution < -0.4 is 0 Å². The van der Waals surface area contributed by atoms with E-state index in [2.05, 4.69) is 18.2 Å². The van der Waals surface area contributed by atoms with Crippen molar-refractivity contribution in [3.05, 3.63) is 24.4 Å². The van der Waals surface area contributed by atoms with Crippen LogP contribution in [0.2, 0.25) is 0 Å². The molecular weight excluding hydrogens is 292 g/mol. The van der Waals surface area contributed by atoms with E-state index in [1.165, 1.54) is 12.5 Å². The second kappa shape index (κ2) is 99.2. The highest BCUT2D eigenvalue weighted by atomic mass is 14.7. The van der Waals surface area contributed by atoms with Crippen LogP contribution in [0, 0.1) is 11.3 Å². The van der Waals surface area contributed by atoms with Gasteiger partial charge in [-0.05, 0) is 34.6 Å². The summed E-state index contributed by atoms with van der Waals surface area (Å²) in [5, 5.41) is 7.32. The third-order valence-electron chi connectivity index (χ3n) is 0.414. The lowest BCUT2D eigenvalue weighted by molar-refractivity contribution is 1.31. The molecule has 0 aromatic heterocycles. The molecule has 0 aromatic rings. The zero-order chi connectivity index (χ0) is 22.1. The molecule has 0 fully saturated rings. The van der Waals surface area contributed by atoms with Gasteiger partial charge in [-0.1, -0.05) is 81.4 Å². The first-order valence-corrected chi connectivity index (χ1v) is 9.38. The monoisotopic (exact) mass is 344 g/mol. The number of rotatable bonds is 1. The maximum Gasteiger partial charge on any atom is 0.0587 e. The highest BCUT2D eigenvalue weighted by molar-refractivity contribution is 5.79. The molecule has 0 aliphatic carbocycles. The first kappa shape index (κ1) is 49.5.